The van der Waals surface area contributed by atoms with E-state index in [4.69, 9.17) is 23.2 Å². The molecule has 110 valence electrons. The number of aromatic nitrogens is 3. The molecule has 3 aromatic rings. The molecule has 0 aliphatic carbocycles. The van der Waals surface area contributed by atoms with Crippen LogP contribution in [0.15, 0.2) is 23.7 Å². The van der Waals surface area contributed by atoms with E-state index in [2.05, 4.69) is 9.97 Å². The van der Waals surface area contributed by atoms with Crippen molar-refractivity contribution in [3.05, 3.63) is 45.4 Å². The summed E-state index contributed by atoms with van der Waals surface area (Å²) in [6, 6.07) is 2.92. The number of halogens is 3. The van der Waals surface area contributed by atoms with Gasteiger partial charge in [0.1, 0.15) is 16.6 Å². The van der Waals surface area contributed by atoms with Gasteiger partial charge in [0.05, 0.1) is 27.5 Å². The monoisotopic (exact) mass is 343 g/mol. The van der Waals surface area contributed by atoms with E-state index in [1.165, 1.54) is 6.07 Å². The normalized spacial score (nSPS) is 12.2. The van der Waals surface area contributed by atoms with Crippen molar-refractivity contribution in [2.24, 2.45) is 0 Å². The third kappa shape index (κ3) is 2.33. The number of nitrogens with zero attached hydrogens (tertiary/aromatic N) is 3. The van der Waals surface area contributed by atoms with Crippen LogP contribution < -0.4 is 0 Å². The van der Waals surface area contributed by atoms with Crippen molar-refractivity contribution in [2.75, 3.05) is 0 Å². The third-order valence-electron chi connectivity index (χ3n) is 3.40. The number of benzene rings is 1. The molecule has 3 nitrogen and oxygen atoms in total. The van der Waals surface area contributed by atoms with Crippen molar-refractivity contribution in [2.45, 2.75) is 25.3 Å². The molecule has 0 fully saturated rings. The summed E-state index contributed by atoms with van der Waals surface area (Å²) in [6.45, 7) is 4.06. The molecule has 0 amide bonds. The molecule has 0 unspecified atom stereocenters. The number of imidazole rings is 1. The molecule has 0 saturated heterocycles. The Hall–Kier alpha value is -1.17. The second kappa shape index (κ2) is 5.23. The standard InChI is InChI=1S/C14H12Cl2FN3S/c1-14(2,13-18-3-4-21-13)20-11-5-8(16)9(17)6-10(11)19-12(20)7-15/h3-6H,7H2,1-2H3. The fraction of sp³-hybridized carbons (Fsp3) is 0.286. The molecule has 0 N–H and O–H groups in total. The van der Waals surface area contributed by atoms with E-state index in [0.717, 1.165) is 10.5 Å². The molecule has 0 atom stereocenters. The molecule has 7 heteroatoms. The van der Waals surface area contributed by atoms with Gasteiger partial charge in [0.15, 0.2) is 0 Å². The van der Waals surface area contributed by atoms with Crippen LogP contribution in [0.5, 0.6) is 0 Å². The lowest BCUT2D eigenvalue weighted by Crippen LogP contribution is -2.29. The van der Waals surface area contributed by atoms with Crippen molar-refractivity contribution in [3.63, 3.8) is 0 Å². The first-order valence-electron chi connectivity index (χ1n) is 6.28. The highest BCUT2D eigenvalue weighted by Crippen LogP contribution is 2.34. The zero-order valence-electron chi connectivity index (χ0n) is 11.4. The molecule has 0 aliphatic heterocycles. The second-order valence-corrected chi connectivity index (χ2v) is 6.72. The number of thiazole rings is 1. The first-order valence-corrected chi connectivity index (χ1v) is 8.07. The van der Waals surface area contributed by atoms with Gasteiger partial charge < -0.3 is 4.57 Å². The molecule has 1 aromatic carbocycles. The summed E-state index contributed by atoms with van der Waals surface area (Å²) >= 11 is 13.5. The summed E-state index contributed by atoms with van der Waals surface area (Å²) in [5.74, 6) is 0.401. The fourth-order valence-corrected chi connectivity index (χ4v) is 3.55. The van der Waals surface area contributed by atoms with Gasteiger partial charge >= 0.3 is 0 Å². The van der Waals surface area contributed by atoms with Crippen molar-refractivity contribution >= 4 is 45.6 Å². The van der Waals surface area contributed by atoms with Crippen LogP contribution in [0.2, 0.25) is 5.02 Å². The van der Waals surface area contributed by atoms with Crippen LogP contribution in [0.3, 0.4) is 0 Å². The smallest absolute Gasteiger partial charge is 0.144 e. The van der Waals surface area contributed by atoms with E-state index in [0.29, 0.717) is 11.3 Å². The summed E-state index contributed by atoms with van der Waals surface area (Å²) < 4.78 is 15.6. The van der Waals surface area contributed by atoms with Crippen molar-refractivity contribution in [3.8, 4) is 0 Å². The first-order chi connectivity index (χ1) is 9.95. The zero-order valence-corrected chi connectivity index (χ0v) is 13.7. The minimum atomic E-state index is -0.484. The minimum Gasteiger partial charge on any atom is -0.315 e. The van der Waals surface area contributed by atoms with Crippen LogP contribution in [0.1, 0.15) is 24.7 Å². The molecule has 0 aliphatic rings. The average molecular weight is 344 g/mol. The summed E-state index contributed by atoms with van der Waals surface area (Å²) in [6.07, 6.45) is 1.76. The molecule has 0 saturated carbocycles. The molecule has 3 rings (SSSR count). The van der Waals surface area contributed by atoms with Gasteiger partial charge in [0.25, 0.3) is 0 Å². The second-order valence-electron chi connectivity index (χ2n) is 5.15. The Balaban J connectivity index is 2.33. The van der Waals surface area contributed by atoms with Gasteiger partial charge in [0.2, 0.25) is 0 Å². The van der Waals surface area contributed by atoms with E-state index in [1.807, 2.05) is 23.8 Å². The van der Waals surface area contributed by atoms with E-state index in [1.54, 1.807) is 23.6 Å². The van der Waals surface area contributed by atoms with Crippen LogP contribution in [0.4, 0.5) is 4.39 Å². The predicted molar refractivity (Wildman–Crippen MR) is 84.8 cm³/mol. The number of fused-ring (bicyclic) bond motifs is 1. The maximum Gasteiger partial charge on any atom is 0.144 e. The quantitative estimate of drug-likeness (QED) is 0.639. The zero-order chi connectivity index (χ0) is 15.2. The highest BCUT2D eigenvalue weighted by atomic mass is 35.5. The molecular formula is C14H12Cl2FN3S. The van der Waals surface area contributed by atoms with Gasteiger partial charge in [-0.1, -0.05) is 11.6 Å². The van der Waals surface area contributed by atoms with Gasteiger partial charge in [0, 0.05) is 17.6 Å². The Morgan fingerprint density at radius 1 is 1.38 bits per heavy atom. The fourth-order valence-electron chi connectivity index (χ4n) is 2.46. The van der Waals surface area contributed by atoms with Gasteiger partial charge in [-0.05, 0) is 19.9 Å². The van der Waals surface area contributed by atoms with E-state index >= 15 is 0 Å². The van der Waals surface area contributed by atoms with Crippen LogP contribution in [0, 0.1) is 5.82 Å². The van der Waals surface area contributed by atoms with Gasteiger partial charge in [-0.25, -0.2) is 14.4 Å². The van der Waals surface area contributed by atoms with Crippen LogP contribution >= 0.6 is 34.5 Å². The molecule has 0 radical (unpaired) electrons. The lowest BCUT2D eigenvalue weighted by atomic mass is 10.1. The SMILES string of the molecule is CC(C)(c1nccs1)n1c(CCl)nc2cc(F)c(Cl)cc21. The summed E-state index contributed by atoms with van der Waals surface area (Å²) in [5.41, 5.74) is 0.836. The first kappa shape index (κ1) is 14.8. The maximum absolute atomic E-state index is 13.6. The number of alkyl halides is 1. The molecule has 0 bridgehead atoms. The highest BCUT2D eigenvalue weighted by Gasteiger charge is 2.30. The maximum atomic E-state index is 13.6. The van der Waals surface area contributed by atoms with Gasteiger partial charge in [-0.3, -0.25) is 0 Å². The minimum absolute atomic E-state index is 0.0692. The van der Waals surface area contributed by atoms with Crippen LogP contribution in [0.25, 0.3) is 11.0 Å². The molecule has 2 aromatic heterocycles. The summed E-state index contributed by atoms with van der Waals surface area (Å²) in [7, 11) is 0. The topological polar surface area (TPSA) is 30.7 Å². The summed E-state index contributed by atoms with van der Waals surface area (Å²) in [5, 5.41) is 2.91. The van der Waals surface area contributed by atoms with Gasteiger partial charge in [-0.2, -0.15) is 0 Å². The number of hydrogen-bond acceptors (Lipinski definition) is 3. The lowest BCUT2D eigenvalue weighted by molar-refractivity contribution is 0.435. The largest absolute Gasteiger partial charge is 0.315 e. The number of hydrogen-bond donors (Lipinski definition) is 0. The van der Waals surface area contributed by atoms with Crippen molar-refractivity contribution < 1.29 is 4.39 Å². The Labute approximate surface area is 135 Å². The van der Waals surface area contributed by atoms with E-state index < -0.39 is 11.4 Å². The van der Waals surface area contributed by atoms with Gasteiger partial charge in [-0.15, -0.1) is 22.9 Å². The Kier molecular flexibility index (Phi) is 3.67. The molecular weight excluding hydrogens is 332 g/mol. The molecule has 0 spiro atoms. The van der Waals surface area contributed by atoms with Crippen LogP contribution in [-0.2, 0) is 11.4 Å². The van der Waals surface area contributed by atoms with Crippen molar-refractivity contribution in [1.82, 2.24) is 14.5 Å². The van der Waals surface area contributed by atoms with E-state index in [-0.39, 0.29) is 10.9 Å². The Morgan fingerprint density at radius 3 is 2.76 bits per heavy atom. The highest BCUT2D eigenvalue weighted by molar-refractivity contribution is 7.09. The Morgan fingerprint density at radius 2 is 2.14 bits per heavy atom. The average Bonchev–Trinajstić information content (AvgIpc) is 3.06. The lowest BCUT2D eigenvalue weighted by Gasteiger charge is -2.27. The van der Waals surface area contributed by atoms with E-state index in [9.17, 15) is 4.39 Å². The molecule has 2 heterocycles. The Bertz CT molecular complexity index is 796. The molecule has 21 heavy (non-hydrogen) atoms. The third-order valence-corrected chi connectivity index (χ3v) is 5.01. The number of rotatable bonds is 3. The predicted octanol–water partition coefficient (Wildman–Crippen LogP) is 4.81. The van der Waals surface area contributed by atoms with Crippen LogP contribution in [-0.4, -0.2) is 14.5 Å². The summed E-state index contributed by atoms with van der Waals surface area (Å²) in [4.78, 5) is 8.80. The van der Waals surface area contributed by atoms with Crippen molar-refractivity contribution in [1.29, 1.82) is 0 Å².